The molecule has 1 unspecified atom stereocenters. The van der Waals surface area contributed by atoms with Gasteiger partial charge in [-0.05, 0) is 20.8 Å². The fourth-order valence-corrected chi connectivity index (χ4v) is 0.882. The molecule has 2 N–H and O–H groups in total. The Morgan fingerprint density at radius 1 is 1.40 bits per heavy atom. The SMILES string of the molecule is CC(C)(C)OC(=O)C(N)CC(=O)OCCl. The molecule has 6 heteroatoms. The lowest BCUT2D eigenvalue weighted by molar-refractivity contribution is -0.159. The van der Waals surface area contributed by atoms with E-state index < -0.39 is 23.6 Å². The first-order valence-corrected chi connectivity index (χ1v) is 4.99. The van der Waals surface area contributed by atoms with E-state index >= 15 is 0 Å². The Labute approximate surface area is 93.9 Å². The maximum absolute atomic E-state index is 11.3. The normalized spacial score (nSPS) is 13.1. The topological polar surface area (TPSA) is 78.6 Å². The van der Waals surface area contributed by atoms with Gasteiger partial charge >= 0.3 is 11.9 Å². The molecule has 15 heavy (non-hydrogen) atoms. The molecule has 5 nitrogen and oxygen atoms in total. The zero-order valence-electron chi connectivity index (χ0n) is 9.08. The highest BCUT2D eigenvalue weighted by molar-refractivity contribution is 6.17. The fourth-order valence-electron chi connectivity index (χ4n) is 0.760. The summed E-state index contributed by atoms with van der Waals surface area (Å²) in [5.41, 5.74) is 4.82. The molecule has 0 aromatic heterocycles. The van der Waals surface area contributed by atoms with E-state index in [2.05, 4.69) is 4.74 Å². The number of hydrogen-bond acceptors (Lipinski definition) is 5. The second kappa shape index (κ2) is 5.92. The Balaban J connectivity index is 4.05. The van der Waals surface area contributed by atoms with E-state index in [1.807, 2.05) is 0 Å². The van der Waals surface area contributed by atoms with Gasteiger partial charge in [-0.25, -0.2) is 0 Å². The van der Waals surface area contributed by atoms with Gasteiger partial charge < -0.3 is 15.2 Å². The minimum Gasteiger partial charge on any atom is -0.459 e. The molecule has 0 bridgehead atoms. The Bertz CT molecular complexity index is 237. The maximum atomic E-state index is 11.3. The molecule has 0 saturated heterocycles. The molecule has 0 aliphatic rings. The number of rotatable bonds is 4. The van der Waals surface area contributed by atoms with Crippen LogP contribution in [0.4, 0.5) is 0 Å². The third-order valence-corrected chi connectivity index (χ3v) is 1.42. The molecule has 0 aliphatic carbocycles. The summed E-state index contributed by atoms with van der Waals surface area (Å²) in [5.74, 6) is -1.25. The lowest BCUT2D eigenvalue weighted by Gasteiger charge is -2.21. The van der Waals surface area contributed by atoms with Crippen molar-refractivity contribution in [2.24, 2.45) is 5.73 Å². The highest BCUT2D eigenvalue weighted by atomic mass is 35.5. The molecule has 0 aliphatic heterocycles. The predicted molar refractivity (Wildman–Crippen MR) is 55.2 cm³/mol. The standard InChI is InChI=1S/C9H16ClNO4/c1-9(2,3)15-8(13)6(11)4-7(12)14-5-10/h6H,4-5,11H2,1-3H3. The van der Waals surface area contributed by atoms with Gasteiger partial charge in [0.25, 0.3) is 0 Å². The van der Waals surface area contributed by atoms with Crippen molar-refractivity contribution in [1.82, 2.24) is 0 Å². The summed E-state index contributed by atoms with van der Waals surface area (Å²) < 4.78 is 9.41. The molecule has 0 aromatic rings. The first kappa shape index (κ1) is 14.2. The van der Waals surface area contributed by atoms with Crippen molar-refractivity contribution < 1.29 is 19.1 Å². The van der Waals surface area contributed by atoms with Gasteiger partial charge in [0.2, 0.25) is 0 Å². The van der Waals surface area contributed by atoms with Crippen LogP contribution in [0.25, 0.3) is 0 Å². The quantitative estimate of drug-likeness (QED) is 0.578. The average molecular weight is 238 g/mol. The van der Waals surface area contributed by atoms with Crippen LogP contribution in [0.1, 0.15) is 27.2 Å². The van der Waals surface area contributed by atoms with Crippen LogP contribution in [-0.4, -0.2) is 29.6 Å². The number of carbonyl (C=O) groups excluding carboxylic acids is 2. The summed E-state index contributed by atoms with van der Waals surface area (Å²) in [5, 5.41) is 0. The van der Waals surface area contributed by atoms with Crippen molar-refractivity contribution in [2.45, 2.75) is 38.8 Å². The van der Waals surface area contributed by atoms with Crippen LogP contribution < -0.4 is 5.73 Å². The van der Waals surface area contributed by atoms with E-state index in [9.17, 15) is 9.59 Å². The Morgan fingerprint density at radius 3 is 2.33 bits per heavy atom. The average Bonchev–Trinajstić information content (AvgIpc) is 2.00. The largest absolute Gasteiger partial charge is 0.459 e. The van der Waals surface area contributed by atoms with E-state index in [0.717, 1.165) is 0 Å². The van der Waals surface area contributed by atoms with Gasteiger partial charge in [-0.2, -0.15) is 0 Å². The maximum Gasteiger partial charge on any atom is 0.324 e. The molecule has 0 amide bonds. The van der Waals surface area contributed by atoms with Crippen molar-refractivity contribution in [3.63, 3.8) is 0 Å². The zero-order chi connectivity index (χ0) is 12.1. The van der Waals surface area contributed by atoms with Gasteiger partial charge in [-0.1, -0.05) is 11.6 Å². The summed E-state index contributed by atoms with van der Waals surface area (Å²) in [7, 11) is 0. The van der Waals surface area contributed by atoms with Gasteiger partial charge in [0.15, 0.2) is 6.07 Å². The van der Waals surface area contributed by atoms with Crippen molar-refractivity contribution in [2.75, 3.05) is 6.07 Å². The summed E-state index contributed by atoms with van der Waals surface area (Å²) in [6.07, 6.45) is -0.234. The van der Waals surface area contributed by atoms with Crippen LogP contribution in [0.15, 0.2) is 0 Å². The fraction of sp³-hybridized carbons (Fsp3) is 0.778. The highest BCUT2D eigenvalue weighted by Crippen LogP contribution is 2.09. The van der Waals surface area contributed by atoms with Crippen LogP contribution >= 0.6 is 11.6 Å². The summed E-state index contributed by atoms with van der Waals surface area (Å²) in [6.45, 7) is 5.15. The number of esters is 2. The molecule has 0 aromatic carbocycles. The second-order valence-electron chi connectivity index (χ2n) is 3.97. The molecule has 0 spiro atoms. The van der Waals surface area contributed by atoms with E-state index in [1.54, 1.807) is 20.8 Å². The Hall–Kier alpha value is -0.810. The number of nitrogens with two attached hydrogens (primary N) is 1. The van der Waals surface area contributed by atoms with Crippen LogP contribution in [0, 0.1) is 0 Å². The van der Waals surface area contributed by atoms with Gasteiger partial charge in [-0.15, -0.1) is 0 Å². The lowest BCUT2D eigenvalue weighted by Crippen LogP contribution is -2.39. The summed E-state index contributed by atoms with van der Waals surface area (Å²) in [4.78, 5) is 22.2. The monoisotopic (exact) mass is 237 g/mol. The number of halogens is 1. The van der Waals surface area contributed by atoms with Crippen LogP contribution in [0.3, 0.4) is 0 Å². The van der Waals surface area contributed by atoms with Crippen LogP contribution in [0.2, 0.25) is 0 Å². The molecule has 0 fully saturated rings. The third-order valence-electron chi connectivity index (χ3n) is 1.31. The molecule has 0 heterocycles. The molecule has 1 atom stereocenters. The van der Waals surface area contributed by atoms with Crippen LogP contribution in [0.5, 0.6) is 0 Å². The van der Waals surface area contributed by atoms with E-state index in [4.69, 9.17) is 22.1 Å². The van der Waals surface area contributed by atoms with Gasteiger partial charge in [0.1, 0.15) is 11.6 Å². The molecule has 0 radical (unpaired) electrons. The van der Waals surface area contributed by atoms with Gasteiger partial charge in [-0.3, -0.25) is 9.59 Å². The van der Waals surface area contributed by atoms with Crippen molar-refractivity contribution in [3.8, 4) is 0 Å². The summed E-state index contributed by atoms with van der Waals surface area (Å²) in [6, 6.07) is -1.26. The second-order valence-corrected chi connectivity index (χ2v) is 4.19. The lowest BCUT2D eigenvalue weighted by atomic mass is 10.1. The van der Waals surface area contributed by atoms with Crippen LogP contribution in [-0.2, 0) is 19.1 Å². The van der Waals surface area contributed by atoms with E-state index in [1.165, 1.54) is 0 Å². The van der Waals surface area contributed by atoms with Crippen molar-refractivity contribution in [3.05, 3.63) is 0 Å². The molecule has 0 rings (SSSR count). The van der Waals surface area contributed by atoms with Gasteiger partial charge in [0, 0.05) is 0 Å². The highest BCUT2D eigenvalue weighted by Gasteiger charge is 2.24. The minimum atomic E-state index is -1.01. The Morgan fingerprint density at radius 2 is 1.93 bits per heavy atom. The first-order valence-electron chi connectivity index (χ1n) is 4.46. The zero-order valence-corrected chi connectivity index (χ0v) is 9.84. The summed E-state index contributed by atoms with van der Waals surface area (Å²) >= 11 is 5.17. The van der Waals surface area contributed by atoms with Crippen molar-refractivity contribution in [1.29, 1.82) is 0 Å². The first-order chi connectivity index (χ1) is 6.76. The third kappa shape index (κ3) is 7.16. The predicted octanol–water partition coefficient (Wildman–Crippen LogP) is 0.785. The minimum absolute atomic E-state index is 0.234. The van der Waals surface area contributed by atoms with Crippen molar-refractivity contribution >= 4 is 23.5 Å². The molecule has 88 valence electrons. The smallest absolute Gasteiger partial charge is 0.324 e. The Kier molecular flexibility index (Phi) is 5.60. The molecular formula is C9H16ClNO4. The number of hydrogen-bond donors (Lipinski definition) is 1. The van der Waals surface area contributed by atoms with E-state index in [-0.39, 0.29) is 12.5 Å². The molecular weight excluding hydrogens is 222 g/mol. The number of carbonyl (C=O) groups is 2. The van der Waals surface area contributed by atoms with Gasteiger partial charge in [0.05, 0.1) is 6.42 Å². The molecule has 0 saturated carbocycles. The number of alkyl halides is 1. The number of ether oxygens (including phenoxy) is 2. The van der Waals surface area contributed by atoms with E-state index in [0.29, 0.717) is 0 Å².